The van der Waals surface area contributed by atoms with Crippen LogP contribution in [0.3, 0.4) is 0 Å². The molecule has 0 aromatic heterocycles. The van der Waals surface area contributed by atoms with E-state index < -0.39 is 0 Å². The Bertz CT molecular complexity index is 416. The Labute approximate surface area is 142 Å². The van der Waals surface area contributed by atoms with Gasteiger partial charge < -0.3 is 4.74 Å². The van der Waals surface area contributed by atoms with E-state index in [9.17, 15) is 0 Å². The molecule has 0 unspecified atom stereocenters. The number of nitrogens with zero attached hydrogens (tertiary/aromatic N) is 1. The first-order valence-corrected chi connectivity index (χ1v) is 9.27. The Hall–Kier alpha value is -1.57. The topological polar surface area (TPSA) is 21.6 Å². The maximum absolute atomic E-state index is 5.40. The van der Waals surface area contributed by atoms with Crippen LogP contribution < -0.4 is 0 Å². The Balaban J connectivity index is 1.97. The van der Waals surface area contributed by atoms with Crippen LogP contribution in [0.2, 0.25) is 0 Å². The monoisotopic (exact) mass is 315 g/mol. The molecule has 0 saturated carbocycles. The zero-order chi connectivity index (χ0) is 16.4. The summed E-state index contributed by atoms with van der Waals surface area (Å²) in [6.07, 6.45) is 28.3. The number of aliphatic imine (C=N–C) groups is 1. The Kier molecular flexibility index (Phi) is 13.0. The normalized spacial score (nSPS) is 16.0. The van der Waals surface area contributed by atoms with Gasteiger partial charge >= 0.3 is 0 Å². The molecular formula is C21H33NO. The van der Waals surface area contributed by atoms with E-state index in [-0.39, 0.29) is 0 Å². The van der Waals surface area contributed by atoms with Gasteiger partial charge in [0, 0.05) is 13.0 Å². The molecule has 0 spiro atoms. The number of hydrogen-bond donors (Lipinski definition) is 0. The van der Waals surface area contributed by atoms with Crippen molar-refractivity contribution < 1.29 is 4.74 Å². The van der Waals surface area contributed by atoms with Crippen LogP contribution in [0.15, 0.2) is 53.6 Å². The summed E-state index contributed by atoms with van der Waals surface area (Å²) in [5.41, 5.74) is 0. The largest absolute Gasteiger partial charge is 0.478 e. The highest BCUT2D eigenvalue weighted by molar-refractivity contribution is 5.88. The van der Waals surface area contributed by atoms with Crippen molar-refractivity contribution in [2.24, 2.45) is 4.99 Å². The molecule has 0 aromatic carbocycles. The van der Waals surface area contributed by atoms with Crippen molar-refractivity contribution in [3.8, 4) is 0 Å². The molecule has 1 aliphatic rings. The zero-order valence-electron chi connectivity index (χ0n) is 14.8. The molecule has 0 radical (unpaired) electrons. The lowest BCUT2D eigenvalue weighted by Crippen LogP contribution is -2.10. The Morgan fingerprint density at radius 1 is 0.870 bits per heavy atom. The molecule has 0 bridgehead atoms. The minimum Gasteiger partial charge on any atom is -0.478 e. The van der Waals surface area contributed by atoms with Crippen molar-refractivity contribution in [1.82, 2.24) is 0 Å². The van der Waals surface area contributed by atoms with Gasteiger partial charge in [-0.25, -0.2) is 0 Å². The molecule has 0 aromatic rings. The fourth-order valence-corrected chi connectivity index (χ4v) is 2.37. The fraction of sp³-hybridized carbons (Fsp3) is 0.571. The molecule has 2 heteroatoms. The molecule has 1 aliphatic heterocycles. The van der Waals surface area contributed by atoms with Gasteiger partial charge in [-0.05, 0) is 18.9 Å². The smallest absolute Gasteiger partial charge is 0.208 e. The molecule has 1 rings (SSSR count). The first-order valence-electron chi connectivity index (χ1n) is 9.27. The number of unbranched alkanes of at least 4 members (excludes halogenated alkanes) is 7. The van der Waals surface area contributed by atoms with E-state index in [4.69, 9.17) is 4.74 Å². The van der Waals surface area contributed by atoms with E-state index in [1.54, 1.807) is 0 Å². The highest BCUT2D eigenvalue weighted by Crippen LogP contribution is 2.08. The third-order valence-corrected chi connectivity index (χ3v) is 3.72. The summed E-state index contributed by atoms with van der Waals surface area (Å²) < 4.78 is 5.40. The summed E-state index contributed by atoms with van der Waals surface area (Å²) in [4.78, 5) is 4.28. The zero-order valence-corrected chi connectivity index (χ0v) is 14.8. The summed E-state index contributed by atoms with van der Waals surface area (Å²) in [7, 11) is 0. The lowest BCUT2D eigenvalue weighted by molar-refractivity contribution is 0.285. The van der Waals surface area contributed by atoms with Crippen LogP contribution in [0.4, 0.5) is 0 Å². The van der Waals surface area contributed by atoms with E-state index >= 15 is 0 Å². The molecule has 1 heterocycles. The van der Waals surface area contributed by atoms with Gasteiger partial charge in [-0.3, -0.25) is 4.99 Å². The Morgan fingerprint density at radius 3 is 2.30 bits per heavy atom. The van der Waals surface area contributed by atoms with Gasteiger partial charge in [-0.1, -0.05) is 88.0 Å². The highest BCUT2D eigenvalue weighted by Gasteiger charge is 1.99. The number of allylic oxidation sites excluding steroid dienone is 7. The van der Waals surface area contributed by atoms with Crippen molar-refractivity contribution in [3.05, 3.63) is 48.6 Å². The molecule has 128 valence electrons. The maximum atomic E-state index is 5.40. The van der Waals surface area contributed by atoms with Crippen molar-refractivity contribution in [2.75, 3.05) is 13.2 Å². The minimum absolute atomic E-state index is 0.750. The fourth-order valence-electron chi connectivity index (χ4n) is 2.37. The van der Waals surface area contributed by atoms with Gasteiger partial charge in [-0.2, -0.15) is 0 Å². The molecule has 2 nitrogen and oxygen atoms in total. The third kappa shape index (κ3) is 12.6. The van der Waals surface area contributed by atoms with Gasteiger partial charge in [0.15, 0.2) is 0 Å². The van der Waals surface area contributed by atoms with Crippen molar-refractivity contribution >= 4 is 5.90 Å². The molecule has 0 amide bonds. The number of hydrogen-bond acceptors (Lipinski definition) is 2. The lowest BCUT2D eigenvalue weighted by Gasteiger charge is -2.09. The van der Waals surface area contributed by atoms with Crippen LogP contribution in [0.1, 0.15) is 64.7 Å². The average molecular weight is 316 g/mol. The average Bonchev–Trinajstić information content (AvgIpc) is 2.59. The molecule has 0 N–H and O–H groups in total. The Morgan fingerprint density at radius 2 is 1.57 bits per heavy atom. The molecule has 23 heavy (non-hydrogen) atoms. The molecule has 0 aliphatic carbocycles. The summed E-state index contributed by atoms with van der Waals surface area (Å²) in [5, 5.41) is 0. The molecule has 0 saturated heterocycles. The summed E-state index contributed by atoms with van der Waals surface area (Å²) in [6, 6.07) is 0. The van der Waals surface area contributed by atoms with Gasteiger partial charge in [0.1, 0.15) is 0 Å². The quantitative estimate of drug-likeness (QED) is 0.312. The summed E-state index contributed by atoms with van der Waals surface area (Å²) in [5.74, 6) is 0.750. The van der Waals surface area contributed by atoms with Crippen LogP contribution in [-0.4, -0.2) is 19.0 Å². The second-order valence-corrected chi connectivity index (χ2v) is 5.89. The first kappa shape index (κ1) is 19.5. The van der Waals surface area contributed by atoms with Crippen LogP contribution in [-0.2, 0) is 4.74 Å². The standard InChI is InChI=1S/C21H33NO/c1-2-3-4-5-6-7-8-9-10-11-12-13-14-15-16-18-21-22-19-17-20-23-21/h10-16,18H,2-9,17,19-20H2,1H3. The van der Waals surface area contributed by atoms with E-state index in [2.05, 4.69) is 36.2 Å². The molecule has 0 fully saturated rings. The van der Waals surface area contributed by atoms with Crippen LogP contribution in [0.25, 0.3) is 0 Å². The van der Waals surface area contributed by atoms with E-state index in [1.807, 2.05) is 24.3 Å². The van der Waals surface area contributed by atoms with Gasteiger partial charge in [-0.15, -0.1) is 0 Å². The van der Waals surface area contributed by atoms with E-state index in [0.29, 0.717) is 0 Å². The van der Waals surface area contributed by atoms with Crippen LogP contribution >= 0.6 is 0 Å². The van der Waals surface area contributed by atoms with E-state index in [1.165, 1.54) is 51.4 Å². The minimum atomic E-state index is 0.750. The summed E-state index contributed by atoms with van der Waals surface area (Å²) >= 11 is 0. The van der Waals surface area contributed by atoms with Crippen LogP contribution in [0.5, 0.6) is 0 Å². The van der Waals surface area contributed by atoms with Gasteiger partial charge in [0.25, 0.3) is 0 Å². The van der Waals surface area contributed by atoms with Crippen molar-refractivity contribution in [1.29, 1.82) is 0 Å². The second-order valence-electron chi connectivity index (χ2n) is 5.89. The predicted molar refractivity (Wildman–Crippen MR) is 102 cm³/mol. The number of rotatable bonds is 12. The van der Waals surface area contributed by atoms with E-state index in [0.717, 1.165) is 25.5 Å². The molecule has 0 atom stereocenters. The number of ether oxygens (including phenoxy) is 1. The molecular weight excluding hydrogens is 282 g/mol. The van der Waals surface area contributed by atoms with Gasteiger partial charge in [0.05, 0.1) is 6.61 Å². The predicted octanol–water partition coefficient (Wildman–Crippen LogP) is 6.17. The SMILES string of the molecule is CCCCCCCCCC=CC=CC=CC=CC1=NCCCO1. The third-order valence-electron chi connectivity index (χ3n) is 3.72. The lowest BCUT2D eigenvalue weighted by atomic mass is 10.1. The summed E-state index contributed by atoms with van der Waals surface area (Å²) in [6.45, 7) is 3.94. The van der Waals surface area contributed by atoms with Crippen LogP contribution in [0, 0.1) is 0 Å². The van der Waals surface area contributed by atoms with Crippen molar-refractivity contribution in [2.45, 2.75) is 64.7 Å². The van der Waals surface area contributed by atoms with Gasteiger partial charge in [0.2, 0.25) is 5.90 Å². The second kappa shape index (κ2) is 15.3. The maximum Gasteiger partial charge on any atom is 0.208 e. The first-order chi connectivity index (χ1) is 11.4. The van der Waals surface area contributed by atoms with Crippen molar-refractivity contribution in [3.63, 3.8) is 0 Å². The highest BCUT2D eigenvalue weighted by atomic mass is 16.5.